The van der Waals surface area contributed by atoms with Gasteiger partial charge in [-0.15, -0.1) is 6.58 Å². The van der Waals surface area contributed by atoms with Crippen molar-refractivity contribution in [3.05, 3.63) is 42.0 Å². The molecule has 0 unspecified atom stereocenters. The first-order chi connectivity index (χ1) is 7.81. The predicted molar refractivity (Wildman–Crippen MR) is 67.8 cm³/mol. The van der Waals surface area contributed by atoms with Crippen molar-refractivity contribution in [2.75, 3.05) is 0 Å². The maximum atomic E-state index is 9.72. The molecule has 1 saturated carbocycles. The number of hydrogen-bond acceptors (Lipinski definition) is 1. The van der Waals surface area contributed by atoms with E-state index >= 15 is 0 Å². The summed E-state index contributed by atoms with van der Waals surface area (Å²) < 4.78 is 0. The SMILES string of the molecule is C=CCc1cc(C2CCCCC2)ccc1O. The Hall–Kier alpha value is -1.24. The van der Waals surface area contributed by atoms with Crippen molar-refractivity contribution < 1.29 is 5.11 Å². The summed E-state index contributed by atoms with van der Waals surface area (Å²) in [6.07, 6.45) is 9.29. The van der Waals surface area contributed by atoms with Crippen molar-refractivity contribution in [3.8, 4) is 5.75 Å². The first-order valence-electron chi connectivity index (χ1n) is 6.24. The molecule has 0 heterocycles. The minimum atomic E-state index is 0.402. The van der Waals surface area contributed by atoms with Crippen molar-refractivity contribution in [1.82, 2.24) is 0 Å². The largest absolute Gasteiger partial charge is 0.508 e. The van der Waals surface area contributed by atoms with Crippen molar-refractivity contribution in [2.24, 2.45) is 0 Å². The number of rotatable bonds is 3. The fourth-order valence-electron chi connectivity index (χ4n) is 2.61. The van der Waals surface area contributed by atoms with E-state index in [-0.39, 0.29) is 0 Å². The highest BCUT2D eigenvalue weighted by Gasteiger charge is 2.16. The molecule has 1 aliphatic rings. The van der Waals surface area contributed by atoms with Crippen LogP contribution < -0.4 is 0 Å². The minimum Gasteiger partial charge on any atom is -0.508 e. The van der Waals surface area contributed by atoms with Crippen LogP contribution >= 0.6 is 0 Å². The average Bonchev–Trinajstić information content (AvgIpc) is 2.33. The Kier molecular flexibility index (Phi) is 3.66. The van der Waals surface area contributed by atoms with Gasteiger partial charge in [0.2, 0.25) is 0 Å². The number of phenols is 1. The van der Waals surface area contributed by atoms with Crippen LogP contribution in [0.25, 0.3) is 0 Å². The molecule has 0 saturated heterocycles. The number of hydrogen-bond donors (Lipinski definition) is 1. The Balaban J connectivity index is 2.20. The molecule has 0 atom stereocenters. The van der Waals surface area contributed by atoms with Crippen LogP contribution in [-0.2, 0) is 6.42 Å². The highest BCUT2D eigenvalue weighted by molar-refractivity contribution is 5.38. The van der Waals surface area contributed by atoms with Crippen molar-refractivity contribution in [3.63, 3.8) is 0 Å². The topological polar surface area (TPSA) is 20.2 Å². The second-order valence-electron chi connectivity index (χ2n) is 4.72. The van der Waals surface area contributed by atoms with Crippen LogP contribution in [0.3, 0.4) is 0 Å². The molecule has 0 radical (unpaired) electrons. The molecule has 16 heavy (non-hydrogen) atoms. The zero-order valence-electron chi connectivity index (χ0n) is 9.78. The van der Waals surface area contributed by atoms with Crippen LogP contribution in [0.1, 0.15) is 49.1 Å². The molecule has 0 amide bonds. The molecule has 0 bridgehead atoms. The minimum absolute atomic E-state index is 0.402. The quantitative estimate of drug-likeness (QED) is 0.752. The molecule has 1 aliphatic carbocycles. The number of aromatic hydroxyl groups is 1. The van der Waals surface area contributed by atoms with Crippen LogP contribution in [0.5, 0.6) is 5.75 Å². The van der Waals surface area contributed by atoms with Gasteiger partial charge in [-0.2, -0.15) is 0 Å². The van der Waals surface area contributed by atoms with Crippen LogP contribution in [0.15, 0.2) is 30.9 Å². The second kappa shape index (κ2) is 5.20. The van der Waals surface area contributed by atoms with E-state index in [1.807, 2.05) is 12.1 Å². The summed E-state index contributed by atoms with van der Waals surface area (Å²) in [6, 6.07) is 6.08. The number of benzene rings is 1. The lowest BCUT2D eigenvalue weighted by Crippen LogP contribution is -2.04. The third-order valence-corrected chi connectivity index (χ3v) is 3.54. The maximum Gasteiger partial charge on any atom is 0.119 e. The fraction of sp³-hybridized carbons (Fsp3) is 0.467. The van der Waals surface area contributed by atoms with E-state index in [0.29, 0.717) is 11.7 Å². The number of allylic oxidation sites excluding steroid dienone is 1. The molecule has 1 aromatic rings. The van der Waals surface area contributed by atoms with E-state index in [4.69, 9.17) is 0 Å². The Morgan fingerprint density at radius 3 is 2.69 bits per heavy atom. The van der Waals surface area contributed by atoms with Crippen LogP contribution in [-0.4, -0.2) is 5.11 Å². The molecule has 0 aromatic heterocycles. The van der Waals surface area contributed by atoms with Gasteiger partial charge in [-0.05, 0) is 42.4 Å². The van der Waals surface area contributed by atoms with E-state index < -0.39 is 0 Å². The summed E-state index contributed by atoms with van der Waals surface area (Å²) in [5.74, 6) is 1.11. The van der Waals surface area contributed by atoms with Gasteiger partial charge in [-0.3, -0.25) is 0 Å². The van der Waals surface area contributed by atoms with Crippen LogP contribution in [0.2, 0.25) is 0 Å². The van der Waals surface area contributed by atoms with Gasteiger partial charge in [-0.25, -0.2) is 0 Å². The molecule has 1 aromatic carbocycles. The van der Waals surface area contributed by atoms with E-state index in [1.54, 1.807) is 0 Å². The zero-order valence-corrected chi connectivity index (χ0v) is 9.78. The van der Waals surface area contributed by atoms with E-state index in [1.165, 1.54) is 37.7 Å². The van der Waals surface area contributed by atoms with Crippen molar-refractivity contribution in [2.45, 2.75) is 44.4 Å². The average molecular weight is 216 g/mol. The van der Waals surface area contributed by atoms with Gasteiger partial charge in [0, 0.05) is 0 Å². The van der Waals surface area contributed by atoms with Crippen LogP contribution in [0.4, 0.5) is 0 Å². The Bertz CT molecular complexity index is 362. The zero-order chi connectivity index (χ0) is 11.4. The summed E-state index contributed by atoms with van der Waals surface area (Å²) in [5.41, 5.74) is 2.41. The van der Waals surface area contributed by atoms with Gasteiger partial charge < -0.3 is 5.11 Å². The molecule has 1 fully saturated rings. The number of phenolic OH excluding ortho intramolecular Hbond substituents is 1. The van der Waals surface area contributed by atoms with E-state index in [2.05, 4.69) is 18.7 Å². The lowest BCUT2D eigenvalue weighted by molar-refractivity contribution is 0.441. The van der Waals surface area contributed by atoms with E-state index in [0.717, 1.165) is 12.0 Å². The predicted octanol–water partition coefficient (Wildman–Crippen LogP) is 4.17. The first kappa shape index (κ1) is 11.3. The first-order valence-corrected chi connectivity index (χ1v) is 6.24. The summed E-state index contributed by atoms with van der Waals surface area (Å²) in [7, 11) is 0. The molecule has 0 spiro atoms. The fourth-order valence-corrected chi connectivity index (χ4v) is 2.61. The third-order valence-electron chi connectivity index (χ3n) is 3.54. The highest BCUT2D eigenvalue weighted by atomic mass is 16.3. The lowest BCUT2D eigenvalue weighted by atomic mass is 9.83. The summed E-state index contributed by atoms with van der Waals surface area (Å²) in [5, 5.41) is 9.72. The van der Waals surface area contributed by atoms with Gasteiger partial charge >= 0.3 is 0 Å². The molecule has 1 heteroatoms. The smallest absolute Gasteiger partial charge is 0.119 e. The second-order valence-corrected chi connectivity index (χ2v) is 4.72. The molecule has 0 aliphatic heterocycles. The van der Waals surface area contributed by atoms with Crippen molar-refractivity contribution >= 4 is 0 Å². The van der Waals surface area contributed by atoms with Crippen molar-refractivity contribution in [1.29, 1.82) is 0 Å². The third kappa shape index (κ3) is 2.46. The Morgan fingerprint density at radius 1 is 1.25 bits per heavy atom. The molecule has 2 rings (SSSR count). The monoisotopic (exact) mass is 216 g/mol. The van der Waals surface area contributed by atoms with Gasteiger partial charge in [0.05, 0.1) is 0 Å². The Morgan fingerprint density at radius 2 is 2.00 bits per heavy atom. The maximum absolute atomic E-state index is 9.72. The van der Waals surface area contributed by atoms with Gasteiger partial charge in [0.1, 0.15) is 5.75 Å². The molecular formula is C15H20O. The molecule has 86 valence electrons. The molecular weight excluding hydrogens is 196 g/mol. The highest BCUT2D eigenvalue weighted by Crippen LogP contribution is 2.34. The lowest BCUT2D eigenvalue weighted by Gasteiger charge is -2.22. The summed E-state index contributed by atoms with van der Waals surface area (Å²) >= 11 is 0. The Labute approximate surface area is 97.8 Å². The van der Waals surface area contributed by atoms with Crippen LogP contribution in [0, 0.1) is 0 Å². The van der Waals surface area contributed by atoms with Gasteiger partial charge in [0.15, 0.2) is 0 Å². The van der Waals surface area contributed by atoms with Gasteiger partial charge in [0.25, 0.3) is 0 Å². The molecule has 1 nitrogen and oxygen atoms in total. The standard InChI is InChI=1S/C15H20O/c1-2-6-14-11-13(9-10-15(14)16)12-7-4-3-5-8-12/h2,9-12,16H,1,3-8H2. The van der Waals surface area contributed by atoms with Gasteiger partial charge in [-0.1, -0.05) is 37.5 Å². The summed E-state index contributed by atoms with van der Waals surface area (Å²) in [4.78, 5) is 0. The summed E-state index contributed by atoms with van der Waals surface area (Å²) in [6.45, 7) is 3.73. The molecule has 1 N–H and O–H groups in total. The normalized spacial score (nSPS) is 17.2. The van der Waals surface area contributed by atoms with E-state index in [9.17, 15) is 5.11 Å².